The van der Waals surface area contributed by atoms with E-state index in [9.17, 15) is 9.59 Å². The summed E-state index contributed by atoms with van der Waals surface area (Å²) in [4.78, 5) is 28.3. The lowest BCUT2D eigenvalue weighted by Crippen LogP contribution is -2.44. The number of amides is 1. The monoisotopic (exact) mass is 481 g/mol. The van der Waals surface area contributed by atoms with E-state index < -0.39 is 23.7 Å². The molecule has 8 heteroatoms. The fourth-order valence-corrected chi connectivity index (χ4v) is 2.92. The lowest BCUT2D eigenvalue weighted by atomic mass is 10.1. The SMILES string of the molecule is CC1CCCCC(N)=N1.CC=CCC(NC(=O)OC(C)(C)C)C(=O)OCc1ccccc1.Cl. The molecule has 0 fully saturated rings. The van der Waals surface area contributed by atoms with Gasteiger partial charge in [0.1, 0.15) is 18.2 Å². The van der Waals surface area contributed by atoms with Crippen LogP contribution in [0.15, 0.2) is 47.5 Å². The largest absolute Gasteiger partial charge is 0.459 e. The Balaban J connectivity index is 0.000000856. The third-order valence-corrected chi connectivity index (χ3v) is 4.50. The molecule has 0 aromatic heterocycles. The maximum absolute atomic E-state index is 12.2. The highest BCUT2D eigenvalue weighted by atomic mass is 35.5. The lowest BCUT2D eigenvalue weighted by Gasteiger charge is -2.22. The second-order valence-corrected chi connectivity index (χ2v) is 8.81. The molecule has 0 bridgehead atoms. The first-order chi connectivity index (χ1) is 15.1. The van der Waals surface area contributed by atoms with Crippen molar-refractivity contribution < 1.29 is 19.1 Å². The highest BCUT2D eigenvalue weighted by Crippen LogP contribution is 2.11. The van der Waals surface area contributed by atoms with Crippen LogP contribution in [0.4, 0.5) is 4.79 Å². The summed E-state index contributed by atoms with van der Waals surface area (Å²) in [5.74, 6) is 0.359. The van der Waals surface area contributed by atoms with E-state index in [1.54, 1.807) is 26.8 Å². The molecule has 1 aliphatic rings. The first kappa shape index (κ1) is 30.5. The number of carbonyl (C=O) groups excluding carboxylic acids is 2. The molecule has 2 rings (SSSR count). The van der Waals surface area contributed by atoms with Gasteiger partial charge in [-0.05, 0) is 59.4 Å². The van der Waals surface area contributed by atoms with E-state index in [0.29, 0.717) is 12.5 Å². The normalized spacial score (nSPS) is 16.8. The van der Waals surface area contributed by atoms with Crippen LogP contribution < -0.4 is 11.1 Å². The Kier molecular flexibility index (Phi) is 14.9. The molecule has 0 saturated heterocycles. The lowest BCUT2D eigenvalue weighted by molar-refractivity contribution is -0.147. The number of nitrogens with two attached hydrogens (primary N) is 1. The molecule has 33 heavy (non-hydrogen) atoms. The van der Waals surface area contributed by atoms with Gasteiger partial charge in [-0.25, -0.2) is 9.59 Å². The van der Waals surface area contributed by atoms with E-state index in [0.717, 1.165) is 17.8 Å². The van der Waals surface area contributed by atoms with Crippen molar-refractivity contribution in [3.63, 3.8) is 0 Å². The highest BCUT2D eigenvalue weighted by Gasteiger charge is 2.24. The van der Waals surface area contributed by atoms with Gasteiger partial charge in [0.2, 0.25) is 0 Å². The number of amidine groups is 1. The quantitative estimate of drug-likeness (QED) is 0.423. The van der Waals surface area contributed by atoms with Gasteiger partial charge in [-0.2, -0.15) is 0 Å². The topological polar surface area (TPSA) is 103 Å². The van der Waals surface area contributed by atoms with Crippen LogP contribution in [0.5, 0.6) is 0 Å². The first-order valence-electron chi connectivity index (χ1n) is 11.2. The maximum atomic E-state index is 12.2. The average Bonchev–Trinajstić information content (AvgIpc) is 2.91. The zero-order valence-electron chi connectivity index (χ0n) is 20.5. The summed E-state index contributed by atoms with van der Waals surface area (Å²) in [6.07, 6.45) is 8.04. The molecule has 0 spiro atoms. The van der Waals surface area contributed by atoms with Crippen LogP contribution in [-0.4, -0.2) is 35.6 Å². The van der Waals surface area contributed by atoms with Gasteiger partial charge in [0.15, 0.2) is 0 Å². The molecule has 2 atom stereocenters. The summed E-state index contributed by atoms with van der Waals surface area (Å²) in [5, 5.41) is 2.56. The van der Waals surface area contributed by atoms with Crippen molar-refractivity contribution in [1.82, 2.24) is 5.32 Å². The fourth-order valence-electron chi connectivity index (χ4n) is 2.92. The van der Waals surface area contributed by atoms with Crippen LogP contribution in [0, 0.1) is 0 Å². The van der Waals surface area contributed by atoms with Gasteiger partial charge in [-0.1, -0.05) is 48.9 Å². The van der Waals surface area contributed by atoms with Crippen molar-refractivity contribution in [2.45, 2.75) is 91.0 Å². The van der Waals surface area contributed by atoms with E-state index in [1.165, 1.54) is 19.3 Å². The Morgan fingerprint density at radius 2 is 1.91 bits per heavy atom. The molecule has 0 radical (unpaired) electrons. The molecular formula is C25H40ClN3O4. The average molecular weight is 482 g/mol. The molecule has 2 unspecified atom stereocenters. The number of nitrogens with one attached hydrogen (secondary N) is 1. The Hall–Kier alpha value is -2.54. The van der Waals surface area contributed by atoms with E-state index >= 15 is 0 Å². The molecule has 1 heterocycles. The Labute approximate surface area is 204 Å². The molecule has 0 aliphatic carbocycles. The number of rotatable bonds is 6. The summed E-state index contributed by atoms with van der Waals surface area (Å²) < 4.78 is 10.5. The number of halogens is 1. The molecule has 1 aromatic carbocycles. The number of benzene rings is 1. The van der Waals surface area contributed by atoms with Gasteiger partial charge in [-0.15, -0.1) is 12.4 Å². The number of esters is 1. The van der Waals surface area contributed by atoms with Crippen LogP contribution >= 0.6 is 12.4 Å². The molecule has 186 valence electrons. The minimum Gasteiger partial charge on any atom is -0.459 e. The number of carbonyl (C=O) groups is 2. The van der Waals surface area contributed by atoms with Crippen LogP contribution in [0.2, 0.25) is 0 Å². The number of ether oxygens (including phenoxy) is 2. The fraction of sp³-hybridized carbons (Fsp3) is 0.560. The molecule has 1 aromatic rings. The van der Waals surface area contributed by atoms with Gasteiger partial charge >= 0.3 is 12.1 Å². The Morgan fingerprint density at radius 3 is 2.52 bits per heavy atom. The number of aliphatic imine (C=N–C) groups is 1. The number of hydrogen-bond acceptors (Lipinski definition) is 6. The summed E-state index contributed by atoms with van der Waals surface area (Å²) in [7, 11) is 0. The summed E-state index contributed by atoms with van der Waals surface area (Å²) in [6, 6.07) is 9.07. The Morgan fingerprint density at radius 1 is 1.24 bits per heavy atom. The van der Waals surface area contributed by atoms with E-state index in [1.807, 2.05) is 43.3 Å². The minimum atomic E-state index is -0.773. The van der Waals surface area contributed by atoms with Gasteiger partial charge in [0.25, 0.3) is 0 Å². The summed E-state index contributed by atoms with van der Waals surface area (Å²) in [6.45, 7) is 9.43. The second-order valence-electron chi connectivity index (χ2n) is 8.81. The number of hydrogen-bond donors (Lipinski definition) is 2. The Bertz CT molecular complexity index is 761. The van der Waals surface area contributed by atoms with Gasteiger partial charge in [0.05, 0.1) is 5.84 Å². The van der Waals surface area contributed by atoms with Gasteiger partial charge in [-0.3, -0.25) is 4.99 Å². The van der Waals surface area contributed by atoms with Crippen molar-refractivity contribution in [2.24, 2.45) is 10.7 Å². The summed E-state index contributed by atoms with van der Waals surface area (Å²) >= 11 is 0. The second kappa shape index (κ2) is 16.1. The van der Waals surface area contributed by atoms with Crippen LogP contribution in [0.25, 0.3) is 0 Å². The smallest absolute Gasteiger partial charge is 0.408 e. The third-order valence-electron chi connectivity index (χ3n) is 4.50. The van der Waals surface area contributed by atoms with Crippen molar-refractivity contribution in [1.29, 1.82) is 0 Å². The molecule has 0 saturated carbocycles. The molecule has 1 amide bonds. The molecule has 3 N–H and O–H groups in total. The number of alkyl carbamates (subject to hydrolysis) is 1. The number of allylic oxidation sites excluding steroid dienone is 1. The molecule has 7 nitrogen and oxygen atoms in total. The van der Waals surface area contributed by atoms with E-state index in [-0.39, 0.29) is 19.0 Å². The van der Waals surface area contributed by atoms with Crippen molar-refractivity contribution in [3.8, 4) is 0 Å². The standard InChI is InChI=1S/C18H25NO4.C7H14N2.ClH/c1-5-6-12-15(19-17(21)23-18(2,3)4)16(20)22-13-14-10-8-7-9-11-14;1-6-4-2-3-5-7(8)9-6;/h5-11,15H,12-13H2,1-4H3,(H,19,21);6H,2-5H2,1H3,(H2,8,9);1H. The molecule has 1 aliphatic heterocycles. The van der Waals surface area contributed by atoms with Gasteiger partial charge < -0.3 is 20.5 Å². The van der Waals surface area contributed by atoms with Crippen LogP contribution in [-0.2, 0) is 20.9 Å². The van der Waals surface area contributed by atoms with Gasteiger partial charge in [0, 0.05) is 12.5 Å². The predicted molar refractivity (Wildman–Crippen MR) is 136 cm³/mol. The zero-order valence-corrected chi connectivity index (χ0v) is 21.3. The zero-order chi connectivity index (χ0) is 24.0. The first-order valence-corrected chi connectivity index (χ1v) is 11.2. The van der Waals surface area contributed by atoms with Crippen molar-refractivity contribution in [3.05, 3.63) is 48.0 Å². The van der Waals surface area contributed by atoms with E-state index in [4.69, 9.17) is 15.2 Å². The third kappa shape index (κ3) is 15.0. The highest BCUT2D eigenvalue weighted by molar-refractivity contribution is 5.85. The van der Waals surface area contributed by atoms with Crippen molar-refractivity contribution in [2.75, 3.05) is 0 Å². The minimum absolute atomic E-state index is 0. The predicted octanol–water partition coefficient (Wildman–Crippen LogP) is 5.32. The van der Waals surface area contributed by atoms with Crippen LogP contribution in [0.1, 0.15) is 72.3 Å². The summed E-state index contributed by atoms with van der Waals surface area (Å²) in [5.41, 5.74) is 5.84. The molecular weight excluding hydrogens is 442 g/mol. The maximum Gasteiger partial charge on any atom is 0.408 e. The van der Waals surface area contributed by atoms with E-state index in [2.05, 4.69) is 17.2 Å². The van der Waals surface area contributed by atoms with Crippen LogP contribution in [0.3, 0.4) is 0 Å². The van der Waals surface area contributed by atoms with Crippen molar-refractivity contribution >= 4 is 30.3 Å². The number of nitrogens with zero attached hydrogens (tertiary/aromatic N) is 1.